The summed E-state index contributed by atoms with van der Waals surface area (Å²) in [5, 5.41) is 12.1. The number of nitrogens with one attached hydrogen (secondary N) is 1. The van der Waals surface area contributed by atoms with Crippen molar-refractivity contribution in [2.75, 3.05) is 6.61 Å². The van der Waals surface area contributed by atoms with E-state index in [0.29, 0.717) is 22.9 Å². The number of hydrogen-bond acceptors (Lipinski definition) is 3. The first-order valence-electron chi connectivity index (χ1n) is 6.31. The minimum Gasteiger partial charge on any atom is -0.484 e. The van der Waals surface area contributed by atoms with Crippen molar-refractivity contribution in [1.29, 1.82) is 5.26 Å². The highest BCUT2D eigenvalue weighted by Crippen LogP contribution is 2.15. The van der Waals surface area contributed by atoms with Crippen molar-refractivity contribution in [3.63, 3.8) is 0 Å². The zero-order valence-electron chi connectivity index (χ0n) is 11.2. The summed E-state index contributed by atoms with van der Waals surface area (Å²) in [6, 6.07) is 15.9. The summed E-state index contributed by atoms with van der Waals surface area (Å²) in [6.07, 6.45) is 0. The van der Waals surface area contributed by atoms with E-state index < -0.39 is 0 Å². The van der Waals surface area contributed by atoms with Gasteiger partial charge in [-0.1, -0.05) is 23.7 Å². The standard InChI is InChI=1S/C16H13ClN2O2/c17-14-4-6-15(7-5-14)21-11-16(20)19-10-13-3-1-2-12(8-13)9-18/h1-8H,10-11H2,(H,19,20). The highest BCUT2D eigenvalue weighted by atomic mass is 35.5. The summed E-state index contributed by atoms with van der Waals surface area (Å²) in [7, 11) is 0. The average molecular weight is 301 g/mol. The van der Waals surface area contributed by atoms with Crippen molar-refractivity contribution in [3.05, 3.63) is 64.7 Å². The Balaban J connectivity index is 1.79. The van der Waals surface area contributed by atoms with E-state index in [1.807, 2.05) is 6.07 Å². The number of hydrogen-bond donors (Lipinski definition) is 1. The summed E-state index contributed by atoms with van der Waals surface area (Å²) >= 11 is 5.76. The van der Waals surface area contributed by atoms with Gasteiger partial charge in [-0.3, -0.25) is 4.79 Å². The third kappa shape index (κ3) is 4.83. The van der Waals surface area contributed by atoms with Crippen LogP contribution >= 0.6 is 11.6 Å². The number of ether oxygens (including phenoxy) is 1. The second-order valence-corrected chi connectivity index (χ2v) is 4.77. The van der Waals surface area contributed by atoms with E-state index in [4.69, 9.17) is 21.6 Å². The van der Waals surface area contributed by atoms with Crippen LogP contribution in [0.5, 0.6) is 5.75 Å². The lowest BCUT2D eigenvalue weighted by atomic mass is 10.1. The van der Waals surface area contributed by atoms with Crippen molar-refractivity contribution in [3.8, 4) is 11.8 Å². The molecule has 0 aromatic heterocycles. The molecule has 0 aliphatic heterocycles. The molecule has 0 bridgehead atoms. The van der Waals surface area contributed by atoms with Crippen molar-refractivity contribution >= 4 is 17.5 Å². The van der Waals surface area contributed by atoms with Crippen LogP contribution in [0.1, 0.15) is 11.1 Å². The Hall–Kier alpha value is -2.51. The van der Waals surface area contributed by atoms with Gasteiger partial charge in [0.25, 0.3) is 5.91 Å². The fourth-order valence-corrected chi connectivity index (χ4v) is 1.81. The van der Waals surface area contributed by atoms with Gasteiger partial charge in [0.1, 0.15) is 5.75 Å². The molecule has 21 heavy (non-hydrogen) atoms. The number of benzene rings is 2. The van der Waals surface area contributed by atoms with Crippen molar-refractivity contribution < 1.29 is 9.53 Å². The number of carbonyl (C=O) groups excluding carboxylic acids is 1. The molecule has 106 valence electrons. The number of halogens is 1. The molecule has 0 heterocycles. The predicted octanol–water partition coefficient (Wildman–Crippen LogP) is 2.91. The van der Waals surface area contributed by atoms with E-state index in [1.54, 1.807) is 42.5 Å². The average Bonchev–Trinajstić information content (AvgIpc) is 2.52. The van der Waals surface area contributed by atoms with Crippen LogP contribution < -0.4 is 10.1 Å². The molecule has 2 aromatic carbocycles. The van der Waals surface area contributed by atoms with Crippen molar-refractivity contribution in [1.82, 2.24) is 5.32 Å². The number of nitriles is 1. The van der Waals surface area contributed by atoms with E-state index in [2.05, 4.69) is 11.4 Å². The van der Waals surface area contributed by atoms with E-state index in [-0.39, 0.29) is 12.5 Å². The quantitative estimate of drug-likeness (QED) is 0.923. The minimum absolute atomic E-state index is 0.0699. The summed E-state index contributed by atoms with van der Waals surface area (Å²) in [5.41, 5.74) is 1.44. The Bertz CT molecular complexity index is 663. The molecule has 5 heteroatoms. The Kier molecular flexibility index (Phi) is 5.19. The molecule has 0 fully saturated rings. The predicted molar refractivity (Wildman–Crippen MR) is 80.0 cm³/mol. The van der Waals surface area contributed by atoms with Gasteiger partial charge >= 0.3 is 0 Å². The summed E-state index contributed by atoms with van der Waals surface area (Å²) in [4.78, 5) is 11.7. The van der Waals surface area contributed by atoms with E-state index in [0.717, 1.165) is 5.56 Å². The second-order valence-electron chi connectivity index (χ2n) is 4.33. The lowest BCUT2D eigenvalue weighted by Crippen LogP contribution is -2.28. The first kappa shape index (κ1) is 14.9. The zero-order chi connectivity index (χ0) is 15.1. The van der Waals surface area contributed by atoms with E-state index in [1.165, 1.54) is 0 Å². The lowest BCUT2D eigenvalue weighted by Gasteiger charge is -2.08. The first-order chi connectivity index (χ1) is 10.2. The smallest absolute Gasteiger partial charge is 0.258 e. The fraction of sp³-hybridized carbons (Fsp3) is 0.125. The minimum atomic E-state index is -0.229. The van der Waals surface area contributed by atoms with Crippen molar-refractivity contribution in [2.24, 2.45) is 0 Å². The Morgan fingerprint density at radius 2 is 2.00 bits per heavy atom. The van der Waals surface area contributed by atoms with Crippen LogP contribution in [-0.2, 0) is 11.3 Å². The van der Waals surface area contributed by atoms with Gasteiger partial charge in [0.15, 0.2) is 6.61 Å². The molecule has 4 nitrogen and oxygen atoms in total. The van der Waals surface area contributed by atoms with Crippen LogP contribution in [0.15, 0.2) is 48.5 Å². The normalized spacial score (nSPS) is 9.71. The number of carbonyl (C=O) groups is 1. The van der Waals surface area contributed by atoms with Gasteiger partial charge in [0.2, 0.25) is 0 Å². The Morgan fingerprint density at radius 1 is 1.24 bits per heavy atom. The lowest BCUT2D eigenvalue weighted by molar-refractivity contribution is -0.123. The monoisotopic (exact) mass is 300 g/mol. The molecule has 0 atom stereocenters. The highest BCUT2D eigenvalue weighted by Gasteiger charge is 2.03. The highest BCUT2D eigenvalue weighted by molar-refractivity contribution is 6.30. The van der Waals surface area contributed by atoms with Crippen molar-refractivity contribution in [2.45, 2.75) is 6.54 Å². The molecular formula is C16H13ClN2O2. The fourth-order valence-electron chi connectivity index (χ4n) is 1.68. The molecule has 0 radical (unpaired) electrons. The molecule has 0 aliphatic rings. The molecule has 1 N–H and O–H groups in total. The molecule has 0 spiro atoms. The molecule has 2 rings (SSSR count). The molecule has 0 saturated heterocycles. The molecule has 1 amide bonds. The molecular weight excluding hydrogens is 288 g/mol. The molecule has 0 saturated carbocycles. The summed E-state index contributed by atoms with van der Waals surface area (Å²) in [6.45, 7) is 0.290. The van der Waals surface area contributed by atoms with Gasteiger partial charge < -0.3 is 10.1 Å². The zero-order valence-corrected chi connectivity index (χ0v) is 11.9. The molecule has 0 unspecified atom stereocenters. The molecule has 2 aromatic rings. The summed E-state index contributed by atoms with van der Waals surface area (Å²) < 4.78 is 5.33. The Labute approximate surface area is 127 Å². The first-order valence-corrected chi connectivity index (χ1v) is 6.69. The SMILES string of the molecule is N#Cc1cccc(CNC(=O)COc2ccc(Cl)cc2)c1. The van der Waals surface area contributed by atoms with Crippen LogP contribution in [0, 0.1) is 11.3 Å². The van der Waals surface area contributed by atoms with Gasteiger partial charge in [0.05, 0.1) is 11.6 Å². The number of nitrogens with zero attached hydrogens (tertiary/aromatic N) is 1. The summed E-state index contributed by atoms with van der Waals surface area (Å²) in [5.74, 6) is 0.355. The Morgan fingerprint density at radius 3 is 2.71 bits per heavy atom. The van der Waals surface area contributed by atoms with Gasteiger partial charge in [-0.2, -0.15) is 5.26 Å². The van der Waals surface area contributed by atoms with Gasteiger partial charge in [-0.15, -0.1) is 0 Å². The van der Waals surface area contributed by atoms with Crippen LogP contribution in [0.3, 0.4) is 0 Å². The van der Waals surface area contributed by atoms with Crippen LogP contribution in [0.2, 0.25) is 5.02 Å². The maximum absolute atomic E-state index is 11.7. The second kappa shape index (κ2) is 7.32. The van der Waals surface area contributed by atoms with Gasteiger partial charge in [0, 0.05) is 11.6 Å². The molecule has 0 aliphatic carbocycles. The number of amides is 1. The van der Waals surface area contributed by atoms with Gasteiger partial charge in [-0.25, -0.2) is 0 Å². The maximum atomic E-state index is 11.7. The maximum Gasteiger partial charge on any atom is 0.258 e. The third-order valence-corrected chi connectivity index (χ3v) is 2.98. The third-order valence-electron chi connectivity index (χ3n) is 2.73. The van der Waals surface area contributed by atoms with Crippen LogP contribution in [0.4, 0.5) is 0 Å². The van der Waals surface area contributed by atoms with Gasteiger partial charge in [-0.05, 0) is 42.0 Å². The number of rotatable bonds is 5. The van der Waals surface area contributed by atoms with Crippen LogP contribution in [-0.4, -0.2) is 12.5 Å². The van der Waals surface area contributed by atoms with Crippen LogP contribution in [0.25, 0.3) is 0 Å². The largest absolute Gasteiger partial charge is 0.484 e. The topological polar surface area (TPSA) is 62.1 Å². The van der Waals surface area contributed by atoms with E-state index in [9.17, 15) is 4.79 Å². The van der Waals surface area contributed by atoms with E-state index >= 15 is 0 Å².